The number of nitriles is 1. The number of nitrogens with zero attached hydrogens (tertiary/aromatic N) is 1. The topological polar surface area (TPSA) is 70.0 Å². The molecule has 4 nitrogen and oxygen atoms in total. The zero-order chi connectivity index (χ0) is 18.4. The van der Waals surface area contributed by atoms with Gasteiger partial charge < -0.3 is 0 Å². The number of nitrogens with one attached hydrogen (secondary N) is 1. The second kappa shape index (κ2) is 8.28. The Morgan fingerprint density at radius 3 is 2.36 bits per heavy atom. The predicted octanol–water partition coefficient (Wildman–Crippen LogP) is 4.25. The molecule has 132 valence electrons. The summed E-state index contributed by atoms with van der Waals surface area (Å²) in [7, 11) is -3.62. The van der Waals surface area contributed by atoms with E-state index in [2.05, 4.69) is 29.8 Å². The molecule has 1 unspecified atom stereocenters. The number of hydrogen-bond acceptors (Lipinski definition) is 3. The molecule has 0 saturated heterocycles. The zero-order valence-corrected chi connectivity index (χ0v) is 15.7. The first kappa shape index (κ1) is 19.2. The molecule has 2 rings (SSSR count). The van der Waals surface area contributed by atoms with Crippen molar-refractivity contribution in [2.24, 2.45) is 0 Å². The van der Waals surface area contributed by atoms with Gasteiger partial charge in [0.05, 0.1) is 16.5 Å². The molecule has 0 bridgehead atoms. The van der Waals surface area contributed by atoms with Gasteiger partial charge in [0.1, 0.15) is 0 Å². The van der Waals surface area contributed by atoms with Crippen molar-refractivity contribution in [2.75, 3.05) is 0 Å². The Kier molecular flexibility index (Phi) is 6.35. The van der Waals surface area contributed by atoms with Gasteiger partial charge in [-0.1, -0.05) is 50.6 Å². The minimum absolute atomic E-state index is 0.121. The SMILES string of the molecule is CCCc1ccc(-c2ccc(S(=O)(=O)NC(C)CC)cc2C#N)cc1. The monoisotopic (exact) mass is 356 g/mol. The van der Waals surface area contributed by atoms with E-state index in [0.29, 0.717) is 12.0 Å². The van der Waals surface area contributed by atoms with Gasteiger partial charge in [0.15, 0.2) is 0 Å². The van der Waals surface area contributed by atoms with E-state index in [9.17, 15) is 13.7 Å². The third-order valence-corrected chi connectivity index (χ3v) is 5.78. The van der Waals surface area contributed by atoms with Gasteiger partial charge in [-0.2, -0.15) is 5.26 Å². The quantitative estimate of drug-likeness (QED) is 0.806. The van der Waals surface area contributed by atoms with Crippen LogP contribution in [0.25, 0.3) is 11.1 Å². The van der Waals surface area contributed by atoms with Crippen LogP contribution in [0.4, 0.5) is 0 Å². The molecule has 2 aromatic carbocycles. The average Bonchev–Trinajstić information content (AvgIpc) is 2.61. The van der Waals surface area contributed by atoms with E-state index in [1.807, 2.05) is 26.0 Å². The van der Waals surface area contributed by atoms with E-state index < -0.39 is 10.0 Å². The fourth-order valence-electron chi connectivity index (χ4n) is 2.59. The Labute approximate surface area is 150 Å². The second-order valence-electron chi connectivity index (χ2n) is 6.20. The summed E-state index contributed by atoms with van der Waals surface area (Å²) in [5, 5.41) is 9.47. The first-order valence-electron chi connectivity index (χ1n) is 8.57. The van der Waals surface area contributed by atoms with Crippen LogP contribution in [0.5, 0.6) is 0 Å². The molecule has 0 amide bonds. The summed E-state index contributed by atoms with van der Waals surface area (Å²) < 4.78 is 27.4. The largest absolute Gasteiger partial charge is 0.240 e. The molecule has 1 atom stereocenters. The molecule has 0 aromatic heterocycles. The van der Waals surface area contributed by atoms with Crippen LogP contribution in [0.3, 0.4) is 0 Å². The number of hydrogen-bond donors (Lipinski definition) is 1. The molecular weight excluding hydrogens is 332 g/mol. The van der Waals surface area contributed by atoms with Crippen molar-refractivity contribution in [3.63, 3.8) is 0 Å². The van der Waals surface area contributed by atoms with E-state index in [0.717, 1.165) is 24.0 Å². The lowest BCUT2D eigenvalue weighted by Crippen LogP contribution is -2.32. The van der Waals surface area contributed by atoms with Crippen LogP contribution in [0.2, 0.25) is 0 Å². The summed E-state index contributed by atoms with van der Waals surface area (Å²) in [6.45, 7) is 5.86. The van der Waals surface area contributed by atoms with Crippen molar-refractivity contribution in [1.82, 2.24) is 4.72 Å². The first-order chi connectivity index (χ1) is 11.9. The third-order valence-electron chi connectivity index (χ3n) is 4.19. The van der Waals surface area contributed by atoms with Crippen LogP contribution < -0.4 is 4.72 Å². The molecule has 0 aliphatic carbocycles. The molecule has 0 fully saturated rings. The van der Waals surface area contributed by atoms with Gasteiger partial charge in [-0.3, -0.25) is 0 Å². The lowest BCUT2D eigenvalue weighted by Gasteiger charge is -2.13. The summed E-state index contributed by atoms with van der Waals surface area (Å²) in [6.07, 6.45) is 2.80. The molecule has 0 radical (unpaired) electrons. The minimum Gasteiger partial charge on any atom is -0.208 e. The van der Waals surface area contributed by atoms with E-state index in [-0.39, 0.29) is 10.9 Å². The van der Waals surface area contributed by atoms with Gasteiger partial charge in [-0.15, -0.1) is 0 Å². The highest BCUT2D eigenvalue weighted by Gasteiger charge is 2.18. The highest BCUT2D eigenvalue weighted by Crippen LogP contribution is 2.26. The molecule has 25 heavy (non-hydrogen) atoms. The number of aryl methyl sites for hydroxylation is 1. The summed E-state index contributed by atoms with van der Waals surface area (Å²) >= 11 is 0. The molecule has 5 heteroatoms. The minimum atomic E-state index is -3.62. The lowest BCUT2D eigenvalue weighted by molar-refractivity contribution is 0.556. The Bertz CT molecular complexity index is 866. The smallest absolute Gasteiger partial charge is 0.208 e. The van der Waals surface area contributed by atoms with E-state index in [1.165, 1.54) is 11.6 Å². The maximum Gasteiger partial charge on any atom is 0.240 e. The van der Waals surface area contributed by atoms with Gasteiger partial charge in [-0.05, 0) is 48.6 Å². The fraction of sp³-hybridized carbons (Fsp3) is 0.350. The highest BCUT2D eigenvalue weighted by atomic mass is 32.2. The van der Waals surface area contributed by atoms with E-state index in [4.69, 9.17) is 0 Å². The van der Waals surface area contributed by atoms with Gasteiger partial charge in [0.2, 0.25) is 10.0 Å². The zero-order valence-electron chi connectivity index (χ0n) is 14.9. The molecule has 1 N–H and O–H groups in total. The molecule has 0 heterocycles. The van der Waals surface area contributed by atoms with Crippen LogP contribution in [-0.4, -0.2) is 14.5 Å². The van der Waals surface area contributed by atoms with Crippen molar-refractivity contribution < 1.29 is 8.42 Å². The predicted molar refractivity (Wildman–Crippen MR) is 101 cm³/mol. The summed E-state index contributed by atoms with van der Waals surface area (Å²) in [4.78, 5) is 0.121. The van der Waals surface area contributed by atoms with Gasteiger partial charge in [-0.25, -0.2) is 13.1 Å². The number of rotatable bonds is 7. The van der Waals surface area contributed by atoms with Crippen molar-refractivity contribution in [1.29, 1.82) is 5.26 Å². The lowest BCUT2D eigenvalue weighted by atomic mass is 9.98. The Morgan fingerprint density at radius 2 is 1.80 bits per heavy atom. The Balaban J connectivity index is 2.38. The molecule has 0 spiro atoms. The maximum atomic E-state index is 12.4. The molecular formula is C20H24N2O2S. The normalized spacial score (nSPS) is 12.6. The molecule has 0 aliphatic rings. The second-order valence-corrected chi connectivity index (χ2v) is 7.91. The first-order valence-corrected chi connectivity index (χ1v) is 10.0. The van der Waals surface area contributed by atoms with E-state index in [1.54, 1.807) is 12.1 Å². The molecule has 2 aromatic rings. The van der Waals surface area contributed by atoms with Gasteiger partial charge >= 0.3 is 0 Å². The maximum absolute atomic E-state index is 12.4. The standard InChI is InChI=1S/C20H24N2O2S/c1-4-6-16-7-9-17(10-8-16)20-12-11-19(13-18(20)14-21)25(23,24)22-15(3)5-2/h7-13,15,22H,4-6H2,1-3H3. The van der Waals surface area contributed by atoms with Gasteiger partial charge in [0.25, 0.3) is 0 Å². The van der Waals surface area contributed by atoms with Crippen molar-refractivity contribution in [2.45, 2.75) is 51.0 Å². The van der Waals surface area contributed by atoms with Crippen LogP contribution >= 0.6 is 0 Å². The Morgan fingerprint density at radius 1 is 1.12 bits per heavy atom. The third kappa shape index (κ3) is 4.68. The number of benzene rings is 2. The summed E-state index contributed by atoms with van der Waals surface area (Å²) in [5.41, 5.74) is 3.26. The molecule has 0 saturated carbocycles. The summed E-state index contributed by atoms with van der Waals surface area (Å²) in [5.74, 6) is 0. The van der Waals surface area contributed by atoms with Crippen LogP contribution in [-0.2, 0) is 16.4 Å². The highest BCUT2D eigenvalue weighted by molar-refractivity contribution is 7.89. The van der Waals surface area contributed by atoms with E-state index >= 15 is 0 Å². The van der Waals surface area contributed by atoms with Crippen molar-refractivity contribution >= 4 is 10.0 Å². The van der Waals surface area contributed by atoms with Crippen molar-refractivity contribution in [3.8, 4) is 17.2 Å². The van der Waals surface area contributed by atoms with Crippen LogP contribution in [0.1, 0.15) is 44.7 Å². The Hall–Kier alpha value is -2.16. The molecule has 0 aliphatic heterocycles. The van der Waals surface area contributed by atoms with Gasteiger partial charge in [0, 0.05) is 6.04 Å². The van der Waals surface area contributed by atoms with Crippen molar-refractivity contribution in [3.05, 3.63) is 53.6 Å². The number of sulfonamides is 1. The van der Waals surface area contributed by atoms with Crippen LogP contribution in [0.15, 0.2) is 47.4 Å². The average molecular weight is 356 g/mol. The fourth-order valence-corrected chi connectivity index (χ4v) is 3.94. The van der Waals surface area contributed by atoms with Crippen LogP contribution in [0, 0.1) is 11.3 Å². The summed E-state index contributed by atoms with van der Waals surface area (Å²) in [6, 6.07) is 14.7.